The molecule has 0 amide bonds. The Hall–Kier alpha value is 0.170. The van der Waals surface area contributed by atoms with E-state index in [1.54, 1.807) is 0 Å². The molecule has 3 nitrogen and oxygen atoms in total. The smallest absolute Gasteiger partial charge is 0.0940 e. The van der Waals surface area contributed by atoms with Gasteiger partial charge in [0.15, 0.2) is 0 Å². The molecular formula is C12H21ClO3. The Morgan fingerprint density at radius 2 is 2.31 bits per heavy atom. The van der Waals surface area contributed by atoms with Crippen LogP contribution in [-0.4, -0.2) is 42.5 Å². The van der Waals surface area contributed by atoms with Crippen molar-refractivity contribution in [1.29, 1.82) is 0 Å². The van der Waals surface area contributed by atoms with E-state index in [1.807, 2.05) is 0 Å². The molecule has 2 fully saturated rings. The minimum absolute atomic E-state index is 0.0924. The Labute approximate surface area is 102 Å². The molecule has 0 aromatic carbocycles. The van der Waals surface area contributed by atoms with Crippen molar-refractivity contribution in [2.45, 2.75) is 43.8 Å². The highest BCUT2D eigenvalue weighted by molar-refractivity contribution is 6.17. The molecule has 2 heterocycles. The largest absolute Gasteiger partial charge is 0.393 e. The van der Waals surface area contributed by atoms with Crippen molar-refractivity contribution in [3.05, 3.63) is 0 Å². The van der Waals surface area contributed by atoms with Crippen LogP contribution < -0.4 is 0 Å². The Bertz CT molecular complexity index is 216. The lowest BCUT2D eigenvalue weighted by Gasteiger charge is -2.39. The minimum Gasteiger partial charge on any atom is -0.393 e. The summed E-state index contributed by atoms with van der Waals surface area (Å²) in [5.74, 6) is 0.993. The van der Waals surface area contributed by atoms with E-state index in [1.165, 1.54) is 0 Å². The second-order valence-corrected chi connectivity index (χ2v) is 5.36. The predicted molar refractivity (Wildman–Crippen MR) is 62.8 cm³/mol. The molecule has 0 radical (unpaired) electrons. The number of aliphatic hydroxyl groups is 1. The van der Waals surface area contributed by atoms with Crippen molar-refractivity contribution in [3.63, 3.8) is 0 Å². The van der Waals surface area contributed by atoms with Crippen molar-refractivity contribution in [2.75, 3.05) is 25.7 Å². The number of halogens is 1. The van der Waals surface area contributed by atoms with Gasteiger partial charge in [-0.25, -0.2) is 0 Å². The lowest BCUT2D eigenvalue weighted by Crippen LogP contribution is -2.43. The quantitative estimate of drug-likeness (QED) is 0.773. The van der Waals surface area contributed by atoms with Gasteiger partial charge in [-0.3, -0.25) is 0 Å². The number of rotatable bonds is 4. The lowest BCUT2D eigenvalue weighted by atomic mass is 9.81. The topological polar surface area (TPSA) is 38.7 Å². The Morgan fingerprint density at radius 3 is 3.00 bits per heavy atom. The predicted octanol–water partition coefficient (Wildman–Crippen LogP) is 1.95. The van der Waals surface area contributed by atoms with E-state index in [0.29, 0.717) is 18.4 Å². The third-order valence-electron chi connectivity index (χ3n) is 3.78. The molecule has 3 atom stereocenters. The van der Waals surface area contributed by atoms with E-state index < -0.39 is 0 Å². The summed E-state index contributed by atoms with van der Waals surface area (Å²) in [6.45, 7) is 2.25. The molecule has 16 heavy (non-hydrogen) atoms. The van der Waals surface area contributed by atoms with Crippen molar-refractivity contribution in [1.82, 2.24) is 0 Å². The molecule has 2 rings (SSSR count). The normalized spacial score (nSPS) is 36.8. The van der Waals surface area contributed by atoms with Gasteiger partial charge < -0.3 is 14.6 Å². The fourth-order valence-corrected chi connectivity index (χ4v) is 2.93. The van der Waals surface area contributed by atoms with Crippen LogP contribution in [0, 0.1) is 5.92 Å². The van der Waals surface area contributed by atoms with Gasteiger partial charge in [0, 0.05) is 25.5 Å². The zero-order valence-corrected chi connectivity index (χ0v) is 10.4. The van der Waals surface area contributed by atoms with Gasteiger partial charge in [0.2, 0.25) is 0 Å². The van der Waals surface area contributed by atoms with E-state index in [9.17, 15) is 5.11 Å². The van der Waals surface area contributed by atoms with Crippen LogP contribution in [0.3, 0.4) is 0 Å². The molecule has 0 aromatic rings. The summed E-state index contributed by atoms with van der Waals surface area (Å²) in [6, 6.07) is 0. The molecular weight excluding hydrogens is 228 g/mol. The van der Waals surface area contributed by atoms with Gasteiger partial charge in [0.05, 0.1) is 18.3 Å². The van der Waals surface area contributed by atoms with Gasteiger partial charge in [-0.1, -0.05) is 0 Å². The molecule has 0 saturated carbocycles. The molecule has 0 bridgehead atoms. The zero-order chi connectivity index (χ0) is 11.4. The maximum absolute atomic E-state index is 10.1. The SMILES string of the molecule is OC(CCCCl)C1CCOC2(CCOC2)C1. The van der Waals surface area contributed by atoms with Crippen molar-refractivity contribution < 1.29 is 14.6 Å². The Balaban J connectivity index is 1.85. The van der Waals surface area contributed by atoms with Crippen LogP contribution in [0.2, 0.25) is 0 Å². The average molecular weight is 249 g/mol. The van der Waals surface area contributed by atoms with E-state index in [0.717, 1.165) is 45.3 Å². The summed E-state index contributed by atoms with van der Waals surface area (Å²) < 4.78 is 11.3. The van der Waals surface area contributed by atoms with E-state index in [-0.39, 0.29) is 11.7 Å². The standard InChI is InChI=1S/C12H21ClO3/c13-5-1-2-11(14)10-3-6-16-12(8-10)4-7-15-9-12/h10-11,14H,1-9H2. The number of alkyl halides is 1. The van der Waals surface area contributed by atoms with E-state index >= 15 is 0 Å². The maximum Gasteiger partial charge on any atom is 0.0940 e. The molecule has 1 spiro atoms. The number of hydrogen-bond acceptors (Lipinski definition) is 3. The number of ether oxygens (including phenoxy) is 2. The molecule has 2 aliphatic heterocycles. The van der Waals surface area contributed by atoms with Gasteiger partial charge in [0.1, 0.15) is 0 Å². The first kappa shape index (κ1) is 12.6. The van der Waals surface area contributed by atoms with Crippen LogP contribution in [0.1, 0.15) is 32.1 Å². The van der Waals surface area contributed by atoms with Gasteiger partial charge in [0.25, 0.3) is 0 Å². The third kappa shape index (κ3) is 2.89. The average Bonchev–Trinajstić information content (AvgIpc) is 2.74. The third-order valence-corrected chi connectivity index (χ3v) is 4.04. The monoisotopic (exact) mass is 248 g/mol. The first-order chi connectivity index (χ1) is 7.76. The molecule has 2 aliphatic rings. The molecule has 2 saturated heterocycles. The first-order valence-electron chi connectivity index (χ1n) is 6.21. The summed E-state index contributed by atoms with van der Waals surface area (Å²) >= 11 is 5.65. The van der Waals surface area contributed by atoms with E-state index in [2.05, 4.69) is 0 Å². The molecule has 3 unspecified atom stereocenters. The van der Waals surface area contributed by atoms with Crippen LogP contribution in [0.4, 0.5) is 0 Å². The molecule has 4 heteroatoms. The summed E-state index contributed by atoms with van der Waals surface area (Å²) in [5.41, 5.74) is -0.0924. The number of hydrogen-bond donors (Lipinski definition) is 1. The zero-order valence-electron chi connectivity index (χ0n) is 9.66. The van der Waals surface area contributed by atoms with Crippen LogP contribution in [0.15, 0.2) is 0 Å². The minimum atomic E-state index is -0.222. The fraction of sp³-hybridized carbons (Fsp3) is 1.00. The highest BCUT2D eigenvalue weighted by Gasteiger charge is 2.42. The second kappa shape index (κ2) is 5.67. The maximum atomic E-state index is 10.1. The summed E-state index contributed by atoms with van der Waals surface area (Å²) in [7, 11) is 0. The Kier molecular flexibility index (Phi) is 4.48. The van der Waals surface area contributed by atoms with Gasteiger partial charge in [-0.2, -0.15) is 0 Å². The van der Waals surface area contributed by atoms with Crippen LogP contribution >= 0.6 is 11.6 Å². The van der Waals surface area contributed by atoms with Crippen molar-refractivity contribution in [2.24, 2.45) is 5.92 Å². The highest BCUT2D eigenvalue weighted by Crippen LogP contribution is 2.37. The summed E-state index contributed by atoms with van der Waals surface area (Å²) in [6.07, 6.45) is 4.36. The summed E-state index contributed by atoms with van der Waals surface area (Å²) in [5, 5.41) is 10.1. The van der Waals surface area contributed by atoms with Gasteiger partial charge in [-0.05, 0) is 31.6 Å². The molecule has 1 N–H and O–H groups in total. The van der Waals surface area contributed by atoms with Gasteiger partial charge >= 0.3 is 0 Å². The van der Waals surface area contributed by atoms with Crippen LogP contribution in [0.5, 0.6) is 0 Å². The van der Waals surface area contributed by atoms with Crippen LogP contribution in [0.25, 0.3) is 0 Å². The van der Waals surface area contributed by atoms with E-state index in [4.69, 9.17) is 21.1 Å². The Morgan fingerprint density at radius 1 is 1.44 bits per heavy atom. The molecule has 0 aromatic heterocycles. The highest BCUT2D eigenvalue weighted by atomic mass is 35.5. The summed E-state index contributed by atoms with van der Waals surface area (Å²) in [4.78, 5) is 0. The second-order valence-electron chi connectivity index (χ2n) is 4.99. The first-order valence-corrected chi connectivity index (χ1v) is 6.75. The fourth-order valence-electron chi connectivity index (χ4n) is 2.78. The molecule has 94 valence electrons. The lowest BCUT2D eigenvalue weighted by molar-refractivity contribution is -0.117. The number of aliphatic hydroxyl groups excluding tert-OH is 1. The van der Waals surface area contributed by atoms with Crippen molar-refractivity contribution >= 4 is 11.6 Å². The van der Waals surface area contributed by atoms with Gasteiger partial charge in [-0.15, -0.1) is 11.6 Å². The van der Waals surface area contributed by atoms with Crippen molar-refractivity contribution in [3.8, 4) is 0 Å². The van der Waals surface area contributed by atoms with Crippen LogP contribution in [-0.2, 0) is 9.47 Å². The molecule has 0 aliphatic carbocycles.